The van der Waals surface area contributed by atoms with Gasteiger partial charge in [0, 0.05) is 35.5 Å². The lowest BCUT2D eigenvalue weighted by Gasteiger charge is -2.23. The molecule has 0 fully saturated rings. The quantitative estimate of drug-likeness (QED) is 0.723. The predicted octanol–water partition coefficient (Wildman–Crippen LogP) is 2.31. The predicted molar refractivity (Wildman–Crippen MR) is 85.7 cm³/mol. The van der Waals surface area contributed by atoms with Gasteiger partial charge in [0.1, 0.15) is 0 Å². The van der Waals surface area contributed by atoms with Gasteiger partial charge < -0.3 is 15.3 Å². The summed E-state index contributed by atoms with van der Waals surface area (Å²) in [6.07, 6.45) is 3.63. The molecule has 0 aliphatic rings. The molecule has 0 saturated heterocycles. The smallest absolute Gasteiger partial charge is 0.328 e. The van der Waals surface area contributed by atoms with Crippen molar-refractivity contribution in [2.45, 2.75) is 26.3 Å². The number of aliphatic carboxylic acids is 1. The molecule has 1 atom stereocenters. The second-order valence-electron chi connectivity index (χ2n) is 4.90. The van der Waals surface area contributed by atoms with Crippen molar-refractivity contribution in [3.8, 4) is 0 Å². The molecule has 1 rings (SSSR count). The van der Waals surface area contributed by atoms with Gasteiger partial charge >= 0.3 is 5.97 Å². The molecule has 2 N–H and O–H groups in total. The third-order valence-corrected chi connectivity index (χ3v) is 4.26. The van der Waals surface area contributed by atoms with Gasteiger partial charge in [-0.1, -0.05) is 6.92 Å². The number of likely N-dealkylation sites (N-methyl/N-ethyl adjacent to an activating group) is 1. The summed E-state index contributed by atoms with van der Waals surface area (Å²) >= 11 is 1.35. The normalized spacial score (nSPS) is 12.8. The van der Waals surface area contributed by atoms with Crippen LogP contribution in [0.1, 0.15) is 35.5 Å². The summed E-state index contributed by atoms with van der Waals surface area (Å²) in [4.78, 5) is 25.3. The second kappa shape index (κ2) is 8.59. The summed E-state index contributed by atoms with van der Waals surface area (Å²) < 4.78 is 0. The third kappa shape index (κ3) is 6.10. The first-order chi connectivity index (χ1) is 9.93. The molecule has 1 heterocycles. The van der Waals surface area contributed by atoms with E-state index in [1.165, 1.54) is 17.4 Å². The molecule has 1 unspecified atom stereocenters. The van der Waals surface area contributed by atoms with E-state index in [0.717, 1.165) is 23.9 Å². The molecule has 5 nitrogen and oxygen atoms in total. The minimum absolute atomic E-state index is 0.126. The molecule has 1 aromatic heterocycles. The topological polar surface area (TPSA) is 69.6 Å². The van der Waals surface area contributed by atoms with Gasteiger partial charge in [-0.25, -0.2) is 4.79 Å². The van der Waals surface area contributed by atoms with E-state index in [9.17, 15) is 9.59 Å². The number of thiophene rings is 1. The van der Waals surface area contributed by atoms with Gasteiger partial charge in [-0.3, -0.25) is 4.79 Å². The minimum Gasteiger partial charge on any atom is -0.478 e. The maximum Gasteiger partial charge on any atom is 0.328 e. The SMILES string of the molecule is CCC(C)N(C)CCNC(=O)c1csc(/C=C/C(=O)O)c1. The van der Waals surface area contributed by atoms with Crippen LogP contribution in [0, 0.1) is 0 Å². The number of rotatable bonds is 8. The van der Waals surface area contributed by atoms with Crippen LogP contribution < -0.4 is 5.32 Å². The van der Waals surface area contributed by atoms with Gasteiger partial charge in [0.05, 0.1) is 5.56 Å². The van der Waals surface area contributed by atoms with E-state index in [4.69, 9.17) is 5.11 Å². The van der Waals surface area contributed by atoms with Crippen molar-refractivity contribution in [2.24, 2.45) is 0 Å². The van der Waals surface area contributed by atoms with Crippen molar-refractivity contribution in [1.29, 1.82) is 0 Å². The molecule has 0 saturated carbocycles. The number of carbonyl (C=O) groups excluding carboxylic acids is 1. The summed E-state index contributed by atoms with van der Waals surface area (Å²) in [7, 11) is 2.04. The van der Waals surface area contributed by atoms with E-state index < -0.39 is 5.97 Å². The number of carboxylic acids is 1. The zero-order valence-electron chi connectivity index (χ0n) is 12.6. The number of amides is 1. The highest BCUT2D eigenvalue weighted by atomic mass is 32.1. The second-order valence-corrected chi connectivity index (χ2v) is 5.85. The summed E-state index contributed by atoms with van der Waals surface area (Å²) in [5.41, 5.74) is 0.566. The highest BCUT2D eigenvalue weighted by Crippen LogP contribution is 2.16. The number of carboxylic acid groups (broad SMARTS) is 1. The first kappa shape index (κ1) is 17.4. The fourth-order valence-corrected chi connectivity index (χ4v) is 2.47. The van der Waals surface area contributed by atoms with Crippen molar-refractivity contribution in [2.75, 3.05) is 20.1 Å². The molecule has 0 bridgehead atoms. The number of nitrogens with zero attached hydrogens (tertiary/aromatic N) is 1. The highest BCUT2D eigenvalue weighted by molar-refractivity contribution is 7.11. The first-order valence-corrected chi connectivity index (χ1v) is 7.80. The largest absolute Gasteiger partial charge is 0.478 e. The van der Waals surface area contributed by atoms with Crippen molar-refractivity contribution >= 4 is 29.3 Å². The van der Waals surface area contributed by atoms with E-state index in [1.807, 2.05) is 7.05 Å². The molecule has 0 aliphatic carbocycles. The van der Waals surface area contributed by atoms with Crippen LogP contribution in [0.3, 0.4) is 0 Å². The average Bonchev–Trinajstić information content (AvgIpc) is 2.92. The van der Waals surface area contributed by atoms with Crippen LogP contribution in [0.5, 0.6) is 0 Å². The molecule has 21 heavy (non-hydrogen) atoms. The van der Waals surface area contributed by atoms with Gasteiger partial charge in [0.2, 0.25) is 0 Å². The monoisotopic (exact) mass is 310 g/mol. The lowest BCUT2D eigenvalue weighted by atomic mass is 10.2. The highest BCUT2D eigenvalue weighted by Gasteiger charge is 2.09. The zero-order valence-corrected chi connectivity index (χ0v) is 13.4. The van der Waals surface area contributed by atoms with Gasteiger partial charge in [0.25, 0.3) is 5.91 Å². The minimum atomic E-state index is -0.998. The molecular weight excluding hydrogens is 288 g/mol. The van der Waals surface area contributed by atoms with Crippen LogP contribution >= 0.6 is 11.3 Å². The lowest BCUT2D eigenvalue weighted by Crippen LogP contribution is -2.36. The van der Waals surface area contributed by atoms with Gasteiger partial charge in [-0.05, 0) is 32.5 Å². The van der Waals surface area contributed by atoms with Crippen molar-refractivity contribution in [1.82, 2.24) is 10.2 Å². The Hall–Kier alpha value is -1.66. The Kier molecular flexibility index (Phi) is 7.11. The van der Waals surface area contributed by atoms with Crippen LogP contribution in [0.2, 0.25) is 0 Å². The molecule has 0 radical (unpaired) electrons. The Morgan fingerprint density at radius 2 is 2.24 bits per heavy atom. The van der Waals surface area contributed by atoms with Crippen LogP contribution in [0.4, 0.5) is 0 Å². The third-order valence-electron chi connectivity index (χ3n) is 3.37. The lowest BCUT2D eigenvalue weighted by molar-refractivity contribution is -0.131. The van der Waals surface area contributed by atoms with Crippen molar-refractivity contribution in [3.05, 3.63) is 28.0 Å². The summed E-state index contributed by atoms with van der Waals surface area (Å²) in [6.45, 7) is 5.69. The standard InChI is InChI=1S/C15H22N2O3S/c1-4-11(2)17(3)8-7-16-15(20)12-9-13(21-10-12)5-6-14(18)19/h5-6,9-11H,4,7-8H2,1-3H3,(H,16,20)(H,18,19)/b6-5+. The van der Waals surface area contributed by atoms with Crippen LogP contribution in [0.25, 0.3) is 6.08 Å². The fraction of sp³-hybridized carbons (Fsp3) is 0.467. The zero-order chi connectivity index (χ0) is 15.8. The molecular formula is C15H22N2O3S. The van der Waals surface area contributed by atoms with E-state index in [2.05, 4.69) is 24.1 Å². The average molecular weight is 310 g/mol. The Balaban J connectivity index is 2.44. The molecule has 1 amide bonds. The maximum absolute atomic E-state index is 12.0. The Bertz CT molecular complexity index is 511. The Morgan fingerprint density at radius 1 is 1.52 bits per heavy atom. The number of hydrogen-bond acceptors (Lipinski definition) is 4. The van der Waals surface area contributed by atoms with Crippen molar-refractivity contribution in [3.63, 3.8) is 0 Å². The molecule has 1 aromatic rings. The van der Waals surface area contributed by atoms with E-state index in [-0.39, 0.29) is 5.91 Å². The summed E-state index contributed by atoms with van der Waals surface area (Å²) in [5.74, 6) is -1.12. The van der Waals surface area contributed by atoms with Crippen LogP contribution in [-0.4, -0.2) is 48.1 Å². The molecule has 116 valence electrons. The molecule has 0 spiro atoms. The maximum atomic E-state index is 12.0. The van der Waals surface area contributed by atoms with E-state index in [1.54, 1.807) is 11.4 Å². The van der Waals surface area contributed by atoms with E-state index >= 15 is 0 Å². The summed E-state index contributed by atoms with van der Waals surface area (Å²) in [5, 5.41) is 13.2. The van der Waals surface area contributed by atoms with E-state index in [0.29, 0.717) is 18.2 Å². The van der Waals surface area contributed by atoms with Gasteiger partial charge in [-0.2, -0.15) is 0 Å². The molecule has 6 heteroatoms. The van der Waals surface area contributed by atoms with Gasteiger partial charge in [-0.15, -0.1) is 11.3 Å². The van der Waals surface area contributed by atoms with Crippen LogP contribution in [-0.2, 0) is 4.79 Å². The number of carbonyl (C=O) groups is 2. The molecule has 0 aliphatic heterocycles. The number of hydrogen-bond donors (Lipinski definition) is 2. The fourth-order valence-electron chi connectivity index (χ4n) is 1.69. The van der Waals surface area contributed by atoms with Crippen LogP contribution in [0.15, 0.2) is 17.5 Å². The molecule has 0 aromatic carbocycles. The van der Waals surface area contributed by atoms with Gasteiger partial charge in [0.15, 0.2) is 0 Å². The Labute approximate surface area is 129 Å². The Morgan fingerprint density at radius 3 is 2.86 bits per heavy atom. The van der Waals surface area contributed by atoms with Crippen molar-refractivity contribution < 1.29 is 14.7 Å². The number of nitrogens with one attached hydrogen (secondary N) is 1. The summed E-state index contributed by atoms with van der Waals surface area (Å²) in [6, 6.07) is 2.19. The first-order valence-electron chi connectivity index (χ1n) is 6.92.